The van der Waals surface area contributed by atoms with E-state index in [1.54, 1.807) is 7.11 Å². The van der Waals surface area contributed by atoms with Gasteiger partial charge in [0.05, 0.1) is 20.3 Å². The Balaban J connectivity index is 1.73. The number of aliphatic hydroxyl groups excluding tert-OH is 1. The summed E-state index contributed by atoms with van der Waals surface area (Å²) in [6, 6.07) is 17.5. The molecule has 0 unspecified atom stereocenters. The highest BCUT2D eigenvalue weighted by molar-refractivity contribution is 5.51. The van der Waals surface area contributed by atoms with Crippen LogP contribution < -0.4 is 4.74 Å². The Morgan fingerprint density at radius 2 is 1.76 bits per heavy atom. The molecule has 6 nitrogen and oxygen atoms in total. The van der Waals surface area contributed by atoms with Gasteiger partial charge in [-0.25, -0.2) is 0 Å². The van der Waals surface area contributed by atoms with Gasteiger partial charge in [-0.1, -0.05) is 36.4 Å². The molecule has 0 bridgehead atoms. The van der Waals surface area contributed by atoms with Gasteiger partial charge in [-0.05, 0) is 18.2 Å². The zero-order chi connectivity index (χ0) is 17.5. The van der Waals surface area contributed by atoms with Gasteiger partial charge in [-0.3, -0.25) is 4.90 Å². The number of hydrogen-bond acceptors (Lipinski definition) is 6. The summed E-state index contributed by atoms with van der Waals surface area (Å²) < 4.78 is 11.2. The topological polar surface area (TPSA) is 71.6 Å². The summed E-state index contributed by atoms with van der Waals surface area (Å²) in [7, 11) is 1.65. The normalized spacial score (nSPS) is 11.0. The molecular weight excluding hydrogens is 318 g/mol. The Labute approximate surface area is 146 Å². The zero-order valence-electron chi connectivity index (χ0n) is 14.1. The van der Waals surface area contributed by atoms with Crippen molar-refractivity contribution in [3.05, 3.63) is 66.1 Å². The highest BCUT2D eigenvalue weighted by Gasteiger charge is 2.14. The minimum absolute atomic E-state index is 0.0504. The number of benzene rings is 2. The number of hydrogen-bond donors (Lipinski definition) is 1. The minimum atomic E-state index is 0.0504. The third-order valence-corrected chi connectivity index (χ3v) is 3.85. The zero-order valence-corrected chi connectivity index (χ0v) is 14.1. The van der Waals surface area contributed by atoms with E-state index < -0.39 is 0 Å². The fourth-order valence-corrected chi connectivity index (χ4v) is 2.64. The molecule has 2 aromatic carbocycles. The van der Waals surface area contributed by atoms with Gasteiger partial charge in [-0.2, -0.15) is 0 Å². The number of nitrogens with zero attached hydrogens (tertiary/aromatic N) is 3. The van der Waals surface area contributed by atoms with Crippen LogP contribution in [0.25, 0.3) is 11.5 Å². The summed E-state index contributed by atoms with van der Waals surface area (Å²) in [6.07, 6.45) is 0. The highest BCUT2D eigenvalue weighted by Crippen LogP contribution is 2.21. The molecule has 0 saturated carbocycles. The van der Waals surface area contributed by atoms with Crippen molar-refractivity contribution in [1.82, 2.24) is 15.1 Å². The van der Waals surface area contributed by atoms with Crippen molar-refractivity contribution in [2.45, 2.75) is 13.1 Å². The van der Waals surface area contributed by atoms with Crippen LogP contribution >= 0.6 is 0 Å². The summed E-state index contributed by atoms with van der Waals surface area (Å²) in [5, 5.41) is 17.6. The maximum absolute atomic E-state index is 9.36. The average molecular weight is 339 g/mol. The van der Waals surface area contributed by atoms with Crippen molar-refractivity contribution in [3.8, 4) is 17.2 Å². The van der Waals surface area contributed by atoms with Crippen LogP contribution in [0.3, 0.4) is 0 Å². The predicted molar refractivity (Wildman–Crippen MR) is 93.9 cm³/mol. The summed E-state index contributed by atoms with van der Waals surface area (Å²) in [4.78, 5) is 2.04. The lowest BCUT2D eigenvalue weighted by Crippen LogP contribution is -2.26. The summed E-state index contributed by atoms with van der Waals surface area (Å²) in [5.74, 6) is 1.83. The molecule has 0 aliphatic heterocycles. The van der Waals surface area contributed by atoms with Crippen LogP contribution in [0.2, 0.25) is 0 Å². The van der Waals surface area contributed by atoms with Gasteiger partial charge in [0.1, 0.15) is 5.75 Å². The van der Waals surface area contributed by atoms with Gasteiger partial charge >= 0.3 is 0 Å². The van der Waals surface area contributed by atoms with Gasteiger partial charge < -0.3 is 14.3 Å². The fraction of sp³-hybridized carbons (Fsp3) is 0.263. The van der Waals surface area contributed by atoms with Crippen molar-refractivity contribution in [1.29, 1.82) is 0 Å². The van der Waals surface area contributed by atoms with Crippen LogP contribution in [-0.4, -0.2) is 40.5 Å². The van der Waals surface area contributed by atoms with E-state index in [1.165, 1.54) is 0 Å². The Bertz CT molecular complexity index is 789. The minimum Gasteiger partial charge on any atom is -0.496 e. The Kier molecular flexibility index (Phi) is 5.77. The van der Waals surface area contributed by atoms with E-state index in [9.17, 15) is 5.11 Å². The van der Waals surface area contributed by atoms with Crippen molar-refractivity contribution in [3.63, 3.8) is 0 Å². The van der Waals surface area contributed by atoms with Gasteiger partial charge in [-0.15, -0.1) is 10.2 Å². The fourth-order valence-electron chi connectivity index (χ4n) is 2.64. The summed E-state index contributed by atoms with van der Waals surface area (Å²) >= 11 is 0. The quantitative estimate of drug-likeness (QED) is 0.680. The molecule has 3 rings (SSSR count). The Hall–Kier alpha value is -2.70. The van der Waals surface area contributed by atoms with Crippen molar-refractivity contribution in [2.24, 2.45) is 0 Å². The van der Waals surface area contributed by atoms with Crippen LogP contribution in [0.4, 0.5) is 0 Å². The second-order valence-corrected chi connectivity index (χ2v) is 5.61. The number of aromatic nitrogens is 2. The molecule has 3 aromatic rings. The van der Waals surface area contributed by atoms with Crippen LogP contribution in [0, 0.1) is 0 Å². The first kappa shape index (κ1) is 17.1. The predicted octanol–water partition coefficient (Wildman–Crippen LogP) is 2.74. The van der Waals surface area contributed by atoms with E-state index in [-0.39, 0.29) is 6.61 Å². The van der Waals surface area contributed by atoms with E-state index in [1.807, 2.05) is 59.5 Å². The molecule has 0 fully saturated rings. The molecule has 1 N–H and O–H groups in total. The molecule has 0 saturated heterocycles. The Morgan fingerprint density at radius 3 is 2.52 bits per heavy atom. The SMILES string of the molecule is COc1ccccc1CN(CCO)Cc1nnc(-c2ccccc2)o1. The van der Waals surface area contributed by atoms with Gasteiger partial charge in [0, 0.05) is 24.2 Å². The van der Waals surface area contributed by atoms with E-state index >= 15 is 0 Å². The lowest BCUT2D eigenvalue weighted by molar-refractivity contribution is 0.171. The molecule has 25 heavy (non-hydrogen) atoms. The third kappa shape index (κ3) is 4.43. The third-order valence-electron chi connectivity index (χ3n) is 3.85. The molecule has 6 heteroatoms. The van der Waals surface area contributed by atoms with Gasteiger partial charge in [0.25, 0.3) is 0 Å². The van der Waals surface area contributed by atoms with Crippen molar-refractivity contribution in [2.75, 3.05) is 20.3 Å². The Morgan fingerprint density at radius 1 is 1.00 bits per heavy atom. The summed E-state index contributed by atoms with van der Waals surface area (Å²) in [6.45, 7) is 1.63. The van der Waals surface area contributed by atoms with Crippen molar-refractivity contribution >= 4 is 0 Å². The highest BCUT2D eigenvalue weighted by atomic mass is 16.5. The maximum atomic E-state index is 9.36. The number of ether oxygens (including phenoxy) is 1. The van der Waals surface area contributed by atoms with Crippen LogP contribution in [0.5, 0.6) is 5.75 Å². The first-order chi connectivity index (χ1) is 12.3. The second kappa shape index (κ2) is 8.41. The molecule has 1 heterocycles. The number of rotatable bonds is 8. The standard InChI is InChI=1S/C19H21N3O3/c1-24-17-10-6-5-9-16(17)13-22(11-12-23)14-18-20-21-19(25-18)15-7-3-2-4-8-15/h2-10,23H,11-14H2,1H3. The second-order valence-electron chi connectivity index (χ2n) is 5.61. The smallest absolute Gasteiger partial charge is 0.247 e. The number of methoxy groups -OCH3 is 1. The van der Waals surface area contributed by atoms with Gasteiger partial charge in [0.2, 0.25) is 11.8 Å². The van der Waals surface area contributed by atoms with Crippen LogP contribution in [-0.2, 0) is 13.1 Å². The van der Waals surface area contributed by atoms with E-state index in [4.69, 9.17) is 9.15 Å². The van der Waals surface area contributed by atoms with Crippen LogP contribution in [0.15, 0.2) is 59.0 Å². The molecule has 0 aliphatic rings. The number of para-hydroxylation sites is 1. The first-order valence-electron chi connectivity index (χ1n) is 8.13. The molecule has 1 aromatic heterocycles. The lowest BCUT2D eigenvalue weighted by atomic mass is 10.2. The molecule has 0 radical (unpaired) electrons. The number of aliphatic hydroxyl groups is 1. The largest absolute Gasteiger partial charge is 0.496 e. The first-order valence-corrected chi connectivity index (χ1v) is 8.13. The van der Waals surface area contributed by atoms with Crippen molar-refractivity contribution < 1.29 is 14.3 Å². The molecule has 0 spiro atoms. The molecule has 0 amide bonds. The molecule has 0 aliphatic carbocycles. The van der Waals surface area contributed by atoms with E-state index in [0.717, 1.165) is 16.9 Å². The molecule has 0 atom stereocenters. The molecular formula is C19H21N3O3. The molecule has 130 valence electrons. The van der Waals surface area contributed by atoms with Crippen LogP contribution in [0.1, 0.15) is 11.5 Å². The lowest BCUT2D eigenvalue weighted by Gasteiger charge is -2.20. The maximum Gasteiger partial charge on any atom is 0.247 e. The average Bonchev–Trinajstić information content (AvgIpc) is 3.11. The van der Waals surface area contributed by atoms with E-state index in [2.05, 4.69) is 10.2 Å². The summed E-state index contributed by atoms with van der Waals surface area (Å²) in [5.41, 5.74) is 1.93. The van der Waals surface area contributed by atoms with Gasteiger partial charge in [0.15, 0.2) is 0 Å². The monoisotopic (exact) mass is 339 g/mol. The van der Waals surface area contributed by atoms with E-state index in [0.29, 0.717) is 31.4 Å².